The number of thiazole rings is 1. The number of hydrogen-bond donors (Lipinski definition) is 1. The molecule has 1 fully saturated rings. The Balaban J connectivity index is 1.65. The second kappa shape index (κ2) is 7.88. The number of piperazine rings is 1. The van der Waals surface area contributed by atoms with Gasteiger partial charge in [-0.25, -0.2) is 4.98 Å². The molecule has 128 valence electrons. The lowest BCUT2D eigenvalue weighted by molar-refractivity contribution is 0.0496. The van der Waals surface area contributed by atoms with E-state index in [0.717, 1.165) is 18.0 Å². The summed E-state index contributed by atoms with van der Waals surface area (Å²) in [6.45, 7) is 2.34. The van der Waals surface area contributed by atoms with Crippen LogP contribution in [0.4, 0.5) is 0 Å². The number of benzene rings is 1. The second-order valence-electron chi connectivity index (χ2n) is 6.19. The zero-order chi connectivity index (χ0) is 16.9. The van der Waals surface area contributed by atoms with Gasteiger partial charge in [-0.05, 0) is 19.0 Å². The molecule has 0 saturated carbocycles. The molecule has 0 aliphatic carbocycles. The van der Waals surface area contributed by atoms with Crippen molar-refractivity contribution >= 4 is 17.2 Å². The monoisotopic (exact) mass is 345 g/mol. The van der Waals surface area contributed by atoms with E-state index < -0.39 is 0 Å². The predicted molar refractivity (Wildman–Crippen MR) is 95.4 cm³/mol. The number of aliphatic hydroxyl groups is 1. The lowest BCUT2D eigenvalue weighted by Crippen LogP contribution is -2.53. The Morgan fingerprint density at radius 1 is 1.33 bits per heavy atom. The summed E-state index contributed by atoms with van der Waals surface area (Å²) in [5, 5.41) is 12.0. The first-order valence-electron chi connectivity index (χ1n) is 8.26. The largest absolute Gasteiger partial charge is 0.396 e. The summed E-state index contributed by atoms with van der Waals surface area (Å²) in [6.07, 6.45) is 1.45. The van der Waals surface area contributed by atoms with Gasteiger partial charge in [0.05, 0.1) is 5.01 Å². The fraction of sp³-hybridized carbons (Fsp3) is 0.444. The highest BCUT2D eigenvalue weighted by Gasteiger charge is 2.28. The van der Waals surface area contributed by atoms with Crippen molar-refractivity contribution in [3.05, 3.63) is 52.0 Å². The highest BCUT2D eigenvalue weighted by molar-refractivity contribution is 7.09. The van der Waals surface area contributed by atoms with Gasteiger partial charge in [-0.2, -0.15) is 0 Å². The standard InChI is InChI=1S/C18H23N3O2S/c1-20-8-9-21(12-15(20)7-10-22)18(23)16-13-24-17(19-16)11-14-5-3-2-4-6-14/h2-6,13,15,22H,7-12H2,1H3. The van der Waals surface area contributed by atoms with Crippen LogP contribution in [0.5, 0.6) is 0 Å². The van der Waals surface area contributed by atoms with E-state index >= 15 is 0 Å². The summed E-state index contributed by atoms with van der Waals surface area (Å²) in [5.41, 5.74) is 1.74. The van der Waals surface area contributed by atoms with Crippen molar-refractivity contribution in [2.24, 2.45) is 0 Å². The molecule has 6 heteroatoms. The maximum absolute atomic E-state index is 12.7. The molecule has 0 spiro atoms. The van der Waals surface area contributed by atoms with Gasteiger partial charge in [-0.1, -0.05) is 30.3 Å². The minimum atomic E-state index is 0.00148. The molecule has 1 aromatic heterocycles. The van der Waals surface area contributed by atoms with Gasteiger partial charge in [-0.15, -0.1) is 11.3 Å². The number of likely N-dealkylation sites (N-methyl/N-ethyl adjacent to an activating group) is 1. The number of amides is 1. The molecule has 1 unspecified atom stereocenters. The Morgan fingerprint density at radius 3 is 2.88 bits per heavy atom. The molecule has 1 aliphatic rings. The van der Waals surface area contributed by atoms with Crippen molar-refractivity contribution < 1.29 is 9.90 Å². The topological polar surface area (TPSA) is 56.7 Å². The summed E-state index contributed by atoms with van der Waals surface area (Å²) >= 11 is 1.54. The Kier molecular flexibility index (Phi) is 5.60. The average molecular weight is 345 g/mol. The summed E-state index contributed by atoms with van der Waals surface area (Å²) in [7, 11) is 2.04. The van der Waals surface area contributed by atoms with Crippen LogP contribution in [0.2, 0.25) is 0 Å². The molecule has 1 aromatic carbocycles. The van der Waals surface area contributed by atoms with Crippen LogP contribution >= 0.6 is 11.3 Å². The molecule has 2 heterocycles. The van der Waals surface area contributed by atoms with Gasteiger partial charge < -0.3 is 10.0 Å². The fourth-order valence-electron chi connectivity index (χ4n) is 3.01. The average Bonchev–Trinajstić information content (AvgIpc) is 3.06. The Labute approximate surface area is 146 Å². The summed E-state index contributed by atoms with van der Waals surface area (Å²) in [6, 6.07) is 10.4. The van der Waals surface area contributed by atoms with Gasteiger partial charge >= 0.3 is 0 Å². The zero-order valence-corrected chi connectivity index (χ0v) is 14.7. The van der Waals surface area contributed by atoms with Crippen molar-refractivity contribution in [3.8, 4) is 0 Å². The molecule has 1 amide bonds. The lowest BCUT2D eigenvalue weighted by atomic mass is 10.1. The third-order valence-corrected chi connectivity index (χ3v) is 5.34. The van der Waals surface area contributed by atoms with Crippen LogP contribution < -0.4 is 0 Å². The maximum atomic E-state index is 12.7. The van der Waals surface area contributed by atoms with E-state index in [4.69, 9.17) is 0 Å². The SMILES string of the molecule is CN1CCN(C(=O)c2csc(Cc3ccccc3)n2)CC1CCO. The minimum Gasteiger partial charge on any atom is -0.396 e. The molecule has 0 bridgehead atoms. The Morgan fingerprint density at radius 2 is 2.12 bits per heavy atom. The molecule has 2 aromatic rings. The molecule has 5 nitrogen and oxygen atoms in total. The van der Waals surface area contributed by atoms with Crippen LogP contribution in [0.15, 0.2) is 35.7 Å². The third kappa shape index (κ3) is 4.01. The van der Waals surface area contributed by atoms with Gasteiger partial charge in [0.2, 0.25) is 0 Å². The highest BCUT2D eigenvalue weighted by atomic mass is 32.1. The second-order valence-corrected chi connectivity index (χ2v) is 7.13. The first-order valence-corrected chi connectivity index (χ1v) is 9.14. The molecule has 1 N–H and O–H groups in total. The van der Waals surface area contributed by atoms with Crippen LogP contribution in [0, 0.1) is 0 Å². The van der Waals surface area contributed by atoms with Gasteiger partial charge in [0.25, 0.3) is 5.91 Å². The maximum Gasteiger partial charge on any atom is 0.273 e. The summed E-state index contributed by atoms with van der Waals surface area (Å²) < 4.78 is 0. The molecule has 24 heavy (non-hydrogen) atoms. The van der Waals surface area contributed by atoms with Crippen molar-refractivity contribution in [1.82, 2.24) is 14.8 Å². The summed E-state index contributed by atoms with van der Waals surface area (Å²) in [4.78, 5) is 21.3. The van der Waals surface area contributed by atoms with Crippen molar-refractivity contribution in [1.29, 1.82) is 0 Å². The van der Waals surface area contributed by atoms with E-state index in [-0.39, 0.29) is 18.6 Å². The zero-order valence-electron chi connectivity index (χ0n) is 13.9. The van der Waals surface area contributed by atoms with Crippen molar-refractivity contribution in [2.75, 3.05) is 33.3 Å². The third-order valence-electron chi connectivity index (χ3n) is 4.50. The van der Waals surface area contributed by atoms with Gasteiger partial charge in [0, 0.05) is 44.1 Å². The van der Waals surface area contributed by atoms with Crippen molar-refractivity contribution in [3.63, 3.8) is 0 Å². The fourth-order valence-corrected chi connectivity index (χ4v) is 3.82. The number of nitrogens with zero attached hydrogens (tertiary/aromatic N) is 3. The first-order chi connectivity index (χ1) is 11.7. The first kappa shape index (κ1) is 17.1. The van der Waals surface area contributed by atoms with Gasteiger partial charge in [-0.3, -0.25) is 9.69 Å². The van der Waals surface area contributed by atoms with E-state index in [1.54, 1.807) is 0 Å². The van der Waals surface area contributed by atoms with Crippen molar-refractivity contribution in [2.45, 2.75) is 18.9 Å². The minimum absolute atomic E-state index is 0.00148. The molecule has 1 saturated heterocycles. The molecule has 1 aliphatic heterocycles. The van der Waals surface area contributed by atoms with E-state index in [0.29, 0.717) is 25.2 Å². The van der Waals surface area contributed by atoms with Crippen LogP contribution in [0.3, 0.4) is 0 Å². The van der Waals surface area contributed by atoms with E-state index in [9.17, 15) is 9.90 Å². The normalized spacial score (nSPS) is 18.8. The number of aromatic nitrogens is 1. The number of carbonyl (C=O) groups excluding carboxylic acids is 1. The Bertz CT molecular complexity index is 674. The number of carbonyl (C=O) groups is 1. The molecular weight excluding hydrogens is 322 g/mol. The van der Waals surface area contributed by atoms with Crippen LogP contribution in [0.1, 0.15) is 27.5 Å². The van der Waals surface area contributed by atoms with Crippen LogP contribution in [0.25, 0.3) is 0 Å². The molecule has 0 radical (unpaired) electrons. The van der Waals surface area contributed by atoms with E-state index in [1.165, 1.54) is 16.9 Å². The summed E-state index contributed by atoms with van der Waals surface area (Å²) in [5.74, 6) is 0.00148. The van der Waals surface area contributed by atoms with Crippen LogP contribution in [-0.4, -0.2) is 65.1 Å². The predicted octanol–water partition coefficient (Wildman–Crippen LogP) is 1.87. The van der Waals surface area contributed by atoms with E-state index in [1.807, 2.05) is 35.5 Å². The van der Waals surface area contributed by atoms with Crippen LogP contribution in [-0.2, 0) is 6.42 Å². The number of rotatable bonds is 5. The van der Waals surface area contributed by atoms with Gasteiger partial charge in [0.1, 0.15) is 5.69 Å². The highest BCUT2D eigenvalue weighted by Crippen LogP contribution is 2.18. The van der Waals surface area contributed by atoms with Gasteiger partial charge in [0.15, 0.2) is 0 Å². The smallest absolute Gasteiger partial charge is 0.273 e. The molecule has 3 rings (SSSR count). The number of aliphatic hydroxyl groups excluding tert-OH is 1. The quantitative estimate of drug-likeness (QED) is 0.899. The lowest BCUT2D eigenvalue weighted by Gasteiger charge is -2.39. The van der Waals surface area contributed by atoms with E-state index in [2.05, 4.69) is 22.0 Å². The molecular formula is C18H23N3O2S. The number of hydrogen-bond acceptors (Lipinski definition) is 5. The Hall–Kier alpha value is -1.76. The molecule has 1 atom stereocenters.